The number of nitrogens with zero attached hydrogens (tertiary/aromatic N) is 3. The number of para-hydroxylation sites is 4. The highest BCUT2D eigenvalue weighted by atomic mass is 16.3. The number of rotatable bonds is 7. The van der Waals surface area contributed by atoms with Crippen molar-refractivity contribution in [2.75, 3.05) is 9.80 Å². The topological polar surface area (TPSA) is 37.2 Å². The second-order valence-corrected chi connectivity index (χ2v) is 20.3. The van der Waals surface area contributed by atoms with Gasteiger partial charge in [-0.25, -0.2) is 0 Å². The van der Waals surface area contributed by atoms with Gasteiger partial charge in [-0.2, -0.15) is 0 Å². The van der Waals surface area contributed by atoms with Gasteiger partial charge in [0.15, 0.2) is 11.2 Å². The van der Waals surface area contributed by atoms with Crippen molar-refractivity contribution in [2.45, 2.75) is 13.8 Å². The van der Waals surface area contributed by atoms with Crippen LogP contribution in [0.4, 0.5) is 34.1 Å². The molecule has 16 rings (SSSR count). The number of hydrogen-bond donors (Lipinski definition) is 0. The average molecular weight is 960 g/mol. The SMILES string of the molecule is Cc1ccc(N(c2ccc3cc4c5cc(-c6ccccc6)cc6c7cc8ccc(N(c9ccc(C)cc9)c9cccc%10c9oc9ccccc9%10)cc8cc7n(c4cc3c2)c56)c2cccc3c2oc2ccccc23)cc1. The number of aromatic nitrogens is 1. The van der Waals surface area contributed by atoms with E-state index in [1.165, 1.54) is 71.1 Å². The second-order valence-electron chi connectivity index (χ2n) is 20.3. The van der Waals surface area contributed by atoms with Crippen LogP contribution in [-0.4, -0.2) is 4.40 Å². The summed E-state index contributed by atoms with van der Waals surface area (Å²) in [5.41, 5.74) is 18.1. The predicted octanol–water partition coefficient (Wildman–Crippen LogP) is 20.2. The molecule has 0 aliphatic rings. The molecule has 0 N–H and O–H groups in total. The first-order chi connectivity index (χ1) is 37.0. The molecule has 4 aromatic heterocycles. The van der Waals surface area contributed by atoms with Crippen molar-refractivity contribution < 1.29 is 8.83 Å². The second kappa shape index (κ2) is 15.8. The molecule has 4 heterocycles. The number of furan rings is 2. The Kier molecular flexibility index (Phi) is 8.81. The summed E-state index contributed by atoms with van der Waals surface area (Å²) in [6.45, 7) is 4.28. The fourth-order valence-corrected chi connectivity index (χ4v) is 12.1. The molecule has 16 aromatic rings. The van der Waals surface area contributed by atoms with Crippen molar-refractivity contribution in [2.24, 2.45) is 0 Å². The Morgan fingerprint density at radius 2 is 0.747 bits per heavy atom. The fraction of sp³-hybridized carbons (Fsp3) is 0.0286. The lowest BCUT2D eigenvalue weighted by Gasteiger charge is -2.26. The molecule has 352 valence electrons. The molecule has 0 aliphatic carbocycles. The number of fused-ring (bicyclic) bond motifs is 14. The summed E-state index contributed by atoms with van der Waals surface area (Å²) in [6, 6.07) is 86.3. The smallest absolute Gasteiger partial charge is 0.159 e. The third-order valence-electron chi connectivity index (χ3n) is 15.7. The summed E-state index contributed by atoms with van der Waals surface area (Å²) >= 11 is 0. The van der Waals surface area contributed by atoms with Gasteiger partial charge in [-0.1, -0.05) is 139 Å². The molecule has 0 atom stereocenters. The van der Waals surface area contributed by atoms with Crippen LogP contribution >= 0.6 is 0 Å². The molecule has 0 aliphatic heterocycles. The van der Waals surface area contributed by atoms with E-state index in [0.29, 0.717) is 0 Å². The van der Waals surface area contributed by atoms with Gasteiger partial charge in [0.05, 0.1) is 27.9 Å². The minimum Gasteiger partial charge on any atom is -0.454 e. The van der Waals surface area contributed by atoms with Gasteiger partial charge in [0.25, 0.3) is 0 Å². The molecule has 0 radical (unpaired) electrons. The van der Waals surface area contributed by atoms with Gasteiger partial charge in [0.1, 0.15) is 11.2 Å². The molecule has 0 fully saturated rings. The minimum absolute atomic E-state index is 0.864. The molecule has 0 saturated carbocycles. The normalized spacial score (nSPS) is 12.1. The molecule has 5 nitrogen and oxygen atoms in total. The first-order valence-corrected chi connectivity index (χ1v) is 25.7. The lowest BCUT2D eigenvalue weighted by molar-refractivity contribution is 0.668. The molecular weight excluding hydrogens is 915 g/mol. The number of aryl methyl sites for hydroxylation is 2. The predicted molar refractivity (Wildman–Crippen MR) is 315 cm³/mol. The zero-order chi connectivity index (χ0) is 49.5. The van der Waals surface area contributed by atoms with Crippen molar-refractivity contribution in [1.29, 1.82) is 0 Å². The van der Waals surface area contributed by atoms with Crippen LogP contribution in [0, 0.1) is 13.8 Å². The van der Waals surface area contributed by atoms with Crippen molar-refractivity contribution in [3.63, 3.8) is 0 Å². The maximum Gasteiger partial charge on any atom is 0.159 e. The van der Waals surface area contributed by atoms with E-state index in [9.17, 15) is 0 Å². The van der Waals surface area contributed by atoms with Crippen LogP contribution in [0.3, 0.4) is 0 Å². The molecule has 5 heteroatoms. The van der Waals surface area contributed by atoms with Crippen molar-refractivity contribution in [3.05, 3.63) is 248 Å². The van der Waals surface area contributed by atoms with Gasteiger partial charge in [-0.15, -0.1) is 0 Å². The zero-order valence-electron chi connectivity index (χ0n) is 41.2. The standard InChI is InChI=1S/C70H45N3O2/c1-42-22-28-50(29-23-42)71(62-18-10-16-56-54-14-6-8-20-66(54)74-69(56)62)52-32-26-45-36-58-60-38-49(44-12-4-3-5-13-44)39-61-59-37-46-27-33-53(35-48(46)41-65(59)73(68(60)61)64(58)40-47(45)34-52)72(51-30-24-43(2)25-31-51)63-19-11-17-57-55-15-7-9-21-67(55)75-70(57)63/h3-41H,1-2H3. The molecule has 0 unspecified atom stereocenters. The van der Waals surface area contributed by atoms with E-state index in [0.717, 1.165) is 88.8 Å². The Hall–Kier alpha value is -9.84. The molecule has 75 heavy (non-hydrogen) atoms. The summed E-state index contributed by atoms with van der Waals surface area (Å²) in [4.78, 5) is 4.69. The summed E-state index contributed by atoms with van der Waals surface area (Å²) in [7, 11) is 0. The zero-order valence-corrected chi connectivity index (χ0v) is 41.2. The number of anilines is 6. The van der Waals surface area contributed by atoms with Crippen LogP contribution in [0.5, 0.6) is 0 Å². The quantitative estimate of drug-likeness (QED) is 0.159. The highest BCUT2D eigenvalue weighted by Crippen LogP contribution is 2.48. The van der Waals surface area contributed by atoms with Crippen molar-refractivity contribution >= 4 is 138 Å². The van der Waals surface area contributed by atoms with E-state index in [4.69, 9.17) is 8.83 Å². The Bertz CT molecular complexity index is 4680. The highest BCUT2D eigenvalue weighted by molar-refractivity contribution is 6.27. The summed E-state index contributed by atoms with van der Waals surface area (Å²) in [6.07, 6.45) is 0. The van der Waals surface area contributed by atoms with Crippen LogP contribution in [0.25, 0.3) is 115 Å². The molecule has 0 saturated heterocycles. The lowest BCUT2D eigenvalue weighted by atomic mass is 9.97. The van der Waals surface area contributed by atoms with Crippen LogP contribution in [0.15, 0.2) is 245 Å². The van der Waals surface area contributed by atoms with Crippen molar-refractivity contribution in [3.8, 4) is 11.1 Å². The molecule has 0 spiro atoms. The molecule has 0 bridgehead atoms. The van der Waals surface area contributed by atoms with Crippen LogP contribution in [0.1, 0.15) is 11.1 Å². The Morgan fingerprint density at radius 1 is 0.307 bits per heavy atom. The third-order valence-corrected chi connectivity index (χ3v) is 15.7. The number of hydrogen-bond acceptors (Lipinski definition) is 4. The Labute approximate surface area is 431 Å². The van der Waals surface area contributed by atoms with Crippen LogP contribution in [0.2, 0.25) is 0 Å². The fourth-order valence-electron chi connectivity index (χ4n) is 12.1. The maximum atomic E-state index is 6.70. The highest BCUT2D eigenvalue weighted by Gasteiger charge is 2.24. The molecular formula is C70H45N3O2. The van der Waals surface area contributed by atoms with Crippen molar-refractivity contribution in [1.82, 2.24) is 4.40 Å². The van der Waals surface area contributed by atoms with Gasteiger partial charge in [-0.05, 0) is 156 Å². The largest absolute Gasteiger partial charge is 0.454 e. The summed E-state index contributed by atoms with van der Waals surface area (Å²) < 4.78 is 15.9. The lowest BCUT2D eigenvalue weighted by Crippen LogP contribution is -2.10. The summed E-state index contributed by atoms with van der Waals surface area (Å²) in [5, 5.41) is 14.1. The van der Waals surface area contributed by atoms with E-state index >= 15 is 0 Å². The van der Waals surface area contributed by atoms with Gasteiger partial charge in [0.2, 0.25) is 0 Å². The maximum absolute atomic E-state index is 6.70. The summed E-state index contributed by atoms with van der Waals surface area (Å²) in [5.74, 6) is 0. The molecule has 0 amide bonds. The third kappa shape index (κ3) is 6.31. The van der Waals surface area contributed by atoms with Crippen LogP contribution in [-0.2, 0) is 0 Å². The number of benzene rings is 12. The minimum atomic E-state index is 0.864. The van der Waals surface area contributed by atoms with Crippen LogP contribution < -0.4 is 9.80 Å². The van der Waals surface area contributed by atoms with Gasteiger partial charge in [0, 0.05) is 65.8 Å². The van der Waals surface area contributed by atoms with E-state index < -0.39 is 0 Å². The monoisotopic (exact) mass is 959 g/mol. The van der Waals surface area contributed by atoms with Gasteiger partial charge in [-0.3, -0.25) is 0 Å². The Morgan fingerprint density at radius 3 is 1.24 bits per heavy atom. The van der Waals surface area contributed by atoms with E-state index in [-0.39, 0.29) is 0 Å². The van der Waals surface area contributed by atoms with E-state index in [1.807, 2.05) is 12.1 Å². The van der Waals surface area contributed by atoms with Gasteiger partial charge >= 0.3 is 0 Å². The average Bonchev–Trinajstić information content (AvgIpc) is 4.34. The first-order valence-electron chi connectivity index (χ1n) is 25.7. The van der Waals surface area contributed by atoms with Gasteiger partial charge < -0.3 is 23.0 Å². The van der Waals surface area contributed by atoms with E-state index in [2.05, 4.69) is 253 Å². The van der Waals surface area contributed by atoms with E-state index in [1.54, 1.807) is 0 Å². The molecule has 12 aromatic carbocycles. The first kappa shape index (κ1) is 41.7. The Balaban J connectivity index is 0.931.